The molecule has 3 fully saturated rings. The molecule has 8 heteroatoms. The summed E-state index contributed by atoms with van der Waals surface area (Å²) in [7, 11) is 0. The number of anilines is 1. The van der Waals surface area contributed by atoms with Crippen LogP contribution >= 0.6 is 0 Å². The van der Waals surface area contributed by atoms with Gasteiger partial charge in [0.2, 0.25) is 11.8 Å². The fraction of sp³-hybridized carbons (Fsp3) is 0.625. The minimum Gasteiger partial charge on any atom is -0.474 e. The normalized spacial score (nSPS) is 24.9. The Balaban J connectivity index is 1.23. The number of hydrogen-bond acceptors (Lipinski definition) is 7. The molecule has 2 aliphatic heterocycles. The Kier molecular flexibility index (Phi) is 6.69. The van der Waals surface area contributed by atoms with Crippen LogP contribution in [-0.4, -0.2) is 67.5 Å². The van der Waals surface area contributed by atoms with Gasteiger partial charge in [-0.15, -0.1) is 0 Å². The van der Waals surface area contributed by atoms with Crippen molar-refractivity contribution in [3.8, 4) is 5.88 Å². The average Bonchev–Trinajstić information content (AvgIpc) is 2.85. The van der Waals surface area contributed by atoms with Gasteiger partial charge in [-0.25, -0.2) is 0 Å². The van der Waals surface area contributed by atoms with Crippen LogP contribution in [0, 0.1) is 5.92 Å². The Morgan fingerprint density at radius 1 is 1.03 bits per heavy atom. The van der Waals surface area contributed by atoms with Crippen molar-refractivity contribution in [1.82, 2.24) is 15.3 Å². The second-order valence-electron chi connectivity index (χ2n) is 8.94. The Morgan fingerprint density at radius 3 is 2.56 bits per heavy atom. The number of carbonyl (C=O) groups is 1. The van der Waals surface area contributed by atoms with Gasteiger partial charge in [0.05, 0.1) is 24.1 Å². The number of nitrogens with zero attached hydrogens (tertiary/aromatic N) is 3. The lowest BCUT2D eigenvalue weighted by Crippen LogP contribution is -2.43. The van der Waals surface area contributed by atoms with Crippen molar-refractivity contribution in [2.24, 2.45) is 5.92 Å². The quantitative estimate of drug-likeness (QED) is 0.765. The molecule has 8 nitrogen and oxygen atoms in total. The molecule has 1 amide bonds. The van der Waals surface area contributed by atoms with Crippen molar-refractivity contribution >= 4 is 22.6 Å². The highest BCUT2D eigenvalue weighted by molar-refractivity contribution is 5.85. The number of carbonyl (C=O) groups excluding carboxylic acids is 1. The van der Waals surface area contributed by atoms with Gasteiger partial charge in [-0.1, -0.05) is 0 Å². The van der Waals surface area contributed by atoms with Crippen LogP contribution in [0.2, 0.25) is 0 Å². The molecule has 172 valence electrons. The van der Waals surface area contributed by atoms with E-state index >= 15 is 0 Å². The van der Waals surface area contributed by atoms with E-state index in [-0.39, 0.29) is 24.0 Å². The zero-order valence-electron chi connectivity index (χ0n) is 18.5. The summed E-state index contributed by atoms with van der Waals surface area (Å²) in [5.41, 5.74) is 0.892. The van der Waals surface area contributed by atoms with Crippen LogP contribution in [-0.2, 0) is 14.3 Å². The molecule has 32 heavy (non-hydrogen) atoms. The third-order valence-electron chi connectivity index (χ3n) is 6.78. The van der Waals surface area contributed by atoms with E-state index in [1.54, 1.807) is 6.20 Å². The van der Waals surface area contributed by atoms with E-state index in [1.165, 1.54) is 0 Å². The molecule has 3 aliphatic rings. The van der Waals surface area contributed by atoms with Gasteiger partial charge in [0.15, 0.2) is 0 Å². The fourth-order valence-corrected chi connectivity index (χ4v) is 4.84. The number of amides is 1. The minimum absolute atomic E-state index is 0.0676. The first-order valence-electron chi connectivity index (χ1n) is 11.9. The molecular weight excluding hydrogens is 408 g/mol. The van der Waals surface area contributed by atoms with E-state index in [0.717, 1.165) is 81.5 Å². The lowest BCUT2D eigenvalue weighted by atomic mass is 9.86. The van der Waals surface area contributed by atoms with Crippen LogP contribution in [0.25, 0.3) is 10.9 Å². The number of ether oxygens (including phenoxy) is 3. The number of hydrogen-bond donors (Lipinski definition) is 1. The standard InChI is InChI=1S/C24H32N4O4/c29-23(26-18-7-12-30-13-8-18)17-3-5-19(6-4-17)32-24-20-2-1-9-25-21(20)16-22(27-24)28-10-14-31-15-11-28/h1-2,9,16-19H,3-8,10-15H2,(H,26,29). The van der Waals surface area contributed by atoms with Gasteiger partial charge in [-0.3, -0.25) is 9.78 Å². The van der Waals surface area contributed by atoms with Crippen molar-refractivity contribution in [2.75, 3.05) is 44.4 Å². The molecule has 0 unspecified atom stereocenters. The van der Waals surface area contributed by atoms with Crippen LogP contribution in [0.3, 0.4) is 0 Å². The van der Waals surface area contributed by atoms with Crippen LogP contribution in [0.1, 0.15) is 38.5 Å². The predicted octanol–water partition coefficient (Wildman–Crippen LogP) is 2.70. The average molecular weight is 441 g/mol. The van der Waals surface area contributed by atoms with Crippen LogP contribution in [0.4, 0.5) is 5.82 Å². The second-order valence-corrected chi connectivity index (χ2v) is 8.94. The first-order valence-corrected chi connectivity index (χ1v) is 11.9. The van der Waals surface area contributed by atoms with Gasteiger partial charge in [-0.2, -0.15) is 4.98 Å². The summed E-state index contributed by atoms with van der Waals surface area (Å²) in [6, 6.07) is 6.23. The Hall–Kier alpha value is -2.45. The summed E-state index contributed by atoms with van der Waals surface area (Å²) in [6.07, 6.45) is 7.11. The Morgan fingerprint density at radius 2 is 1.78 bits per heavy atom. The molecule has 4 heterocycles. The summed E-state index contributed by atoms with van der Waals surface area (Å²) in [4.78, 5) is 24.3. The molecule has 0 radical (unpaired) electrons. The molecule has 0 spiro atoms. The van der Waals surface area contributed by atoms with Crippen molar-refractivity contribution in [1.29, 1.82) is 0 Å². The highest BCUT2D eigenvalue weighted by Crippen LogP contribution is 2.32. The maximum absolute atomic E-state index is 12.7. The molecule has 2 aromatic heterocycles. The molecule has 1 N–H and O–H groups in total. The number of rotatable bonds is 5. The van der Waals surface area contributed by atoms with Gasteiger partial charge in [0.1, 0.15) is 11.9 Å². The predicted molar refractivity (Wildman–Crippen MR) is 121 cm³/mol. The first kappa shape index (κ1) is 21.4. The van der Waals surface area contributed by atoms with E-state index in [0.29, 0.717) is 19.1 Å². The topological polar surface area (TPSA) is 85.8 Å². The molecule has 0 aromatic carbocycles. The van der Waals surface area contributed by atoms with Crippen molar-refractivity contribution < 1.29 is 19.0 Å². The zero-order valence-corrected chi connectivity index (χ0v) is 18.5. The summed E-state index contributed by atoms with van der Waals surface area (Å²) in [5, 5.41) is 4.16. The van der Waals surface area contributed by atoms with E-state index in [1.807, 2.05) is 18.2 Å². The fourth-order valence-electron chi connectivity index (χ4n) is 4.84. The van der Waals surface area contributed by atoms with Gasteiger partial charge < -0.3 is 24.4 Å². The third kappa shape index (κ3) is 4.96. The number of pyridine rings is 2. The molecule has 0 atom stereocenters. The molecule has 2 aromatic rings. The zero-order chi connectivity index (χ0) is 21.8. The molecule has 1 aliphatic carbocycles. The van der Waals surface area contributed by atoms with Gasteiger partial charge in [-0.05, 0) is 50.7 Å². The Bertz CT molecular complexity index is 919. The lowest BCUT2D eigenvalue weighted by Gasteiger charge is -2.31. The van der Waals surface area contributed by atoms with Gasteiger partial charge >= 0.3 is 0 Å². The highest BCUT2D eigenvalue weighted by Gasteiger charge is 2.29. The second kappa shape index (κ2) is 10.0. The molecule has 5 rings (SSSR count). The largest absolute Gasteiger partial charge is 0.474 e. The number of morpholine rings is 1. The summed E-state index contributed by atoms with van der Waals surface area (Å²) >= 11 is 0. The monoisotopic (exact) mass is 440 g/mol. The SMILES string of the molecule is O=C(NC1CCOCC1)C1CCC(Oc2nc(N3CCOCC3)cc3ncccc23)CC1. The van der Waals surface area contributed by atoms with Crippen molar-refractivity contribution in [2.45, 2.75) is 50.7 Å². The molecular formula is C24H32N4O4. The number of fused-ring (bicyclic) bond motifs is 1. The van der Waals surface area contributed by atoms with Crippen LogP contribution in [0.15, 0.2) is 24.4 Å². The molecule has 2 saturated heterocycles. The molecule has 1 saturated carbocycles. The van der Waals surface area contributed by atoms with E-state index in [2.05, 4.69) is 15.2 Å². The maximum Gasteiger partial charge on any atom is 0.225 e. The van der Waals surface area contributed by atoms with Crippen LogP contribution in [0.5, 0.6) is 5.88 Å². The third-order valence-corrected chi connectivity index (χ3v) is 6.78. The lowest BCUT2D eigenvalue weighted by molar-refractivity contribution is -0.127. The minimum atomic E-state index is 0.0676. The van der Waals surface area contributed by atoms with E-state index in [4.69, 9.17) is 19.2 Å². The highest BCUT2D eigenvalue weighted by atomic mass is 16.5. The van der Waals surface area contributed by atoms with Crippen molar-refractivity contribution in [3.05, 3.63) is 24.4 Å². The summed E-state index contributed by atoms with van der Waals surface area (Å²) in [5.74, 6) is 1.80. The van der Waals surface area contributed by atoms with E-state index < -0.39 is 0 Å². The molecule has 0 bridgehead atoms. The van der Waals surface area contributed by atoms with Crippen molar-refractivity contribution in [3.63, 3.8) is 0 Å². The van der Waals surface area contributed by atoms with Gasteiger partial charge in [0.25, 0.3) is 0 Å². The summed E-state index contributed by atoms with van der Waals surface area (Å²) < 4.78 is 17.3. The number of aromatic nitrogens is 2. The number of nitrogens with one attached hydrogen (secondary N) is 1. The first-order chi connectivity index (χ1) is 15.8. The smallest absolute Gasteiger partial charge is 0.225 e. The van der Waals surface area contributed by atoms with Crippen LogP contribution < -0.4 is 15.0 Å². The maximum atomic E-state index is 12.7. The van der Waals surface area contributed by atoms with Gasteiger partial charge in [0, 0.05) is 50.5 Å². The Labute approximate surface area is 188 Å². The summed E-state index contributed by atoms with van der Waals surface area (Å²) in [6.45, 7) is 4.53. The van der Waals surface area contributed by atoms with E-state index in [9.17, 15) is 4.79 Å².